The van der Waals surface area contributed by atoms with Crippen molar-refractivity contribution in [2.45, 2.75) is 25.2 Å². The van der Waals surface area contributed by atoms with E-state index in [1.165, 1.54) is 0 Å². The fraction of sp³-hybridized carbons (Fsp3) is 0.917. The zero-order valence-electron chi connectivity index (χ0n) is 11.5. The van der Waals surface area contributed by atoms with Crippen molar-refractivity contribution in [1.29, 1.82) is 0 Å². The van der Waals surface area contributed by atoms with Crippen LogP contribution in [0.25, 0.3) is 0 Å². The first-order valence-corrected chi connectivity index (χ1v) is 6.51. The molecule has 1 aliphatic heterocycles. The van der Waals surface area contributed by atoms with Crippen LogP contribution in [-0.2, 0) is 23.7 Å². The first-order valence-electron chi connectivity index (χ1n) is 6.10. The van der Waals surface area contributed by atoms with Gasteiger partial charge in [-0.15, -0.1) is 0 Å². The molecular weight excluding hydrogens is 270 g/mol. The fourth-order valence-electron chi connectivity index (χ4n) is 2.07. The normalized spacial score (nSPS) is 30.9. The highest BCUT2D eigenvalue weighted by Gasteiger charge is 2.38. The van der Waals surface area contributed by atoms with Crippen molar-refractivity contribution in [2.75, 3.05) is 41.0 Å². The molecule has 0 spiro atoms. The van der Waals surface area contributed by atoms with Crippen LogP contribution >= 0.6 is 12.2 Å². The summed E-state index contributed by atoms with van der Waals surface area (Å²) in [5.41, 5.74) is 0. The molecule has 1 heterocycles. The minimum absolute atomic E-state index is 0.0615. The van der Waals surface area contributed by atoms with Crippen LogP contribution in [0.3, 0.4) is 0 Å². The van der Waals surface area contributed by atoms with Gasteiger partial charge in [0.1, 0.15) is 19.6 Å². The van der Waals surface area contributed by atoms with Gasteiger partial charge in [-0.2, -0.15) is 0 Å². The number of hydrogen-bond acceptors (Lipinski definition) is 7. The molecule has 0 aromatic carbocycles. The molecule has 0 saturated carbocycles. The van der Waals surface area contributed by atoms with Gasteiger partial charge in [0.2, 0.25) is 0 Å². The Bertz CT molecular complexity index is 298. The van der Waals surface area contributed by atoms with E-state index in [-0.39, 0.29) is 37.8 Å². The van der Waals surface area contributed by atoms with E-state index in [2.05, 4.69) is 22.4 Å². The van der Waals surface area contributed by atoms with E-state index >= 15 is 0 Å². The Kier molecular flexibility index (Phi) is 8.32. The van der Waals surface area contributed by atoms with Gasteiger partial charge in [0, 0.05) is 20.1 Å². The summed E-state index contributed by atoms with van der Waals surface area (Å²) >= 11 is 4.65. The molecule has 1 fully saturated rings. The van der Waals surface area contributed by atoms with Crippen LogP contribution < -0.4 is 0 Å². The third-order valence-electron chi connectivity index (χ3n) is 3.05. The molecule has 0 N–H and O–H groups in total. The Morgan fingerprint density at radius 1 is 1.32 bits per heavy atom. The van der Waals surface area contributed by atoms with E-state index in [1.807, 2.05) is 6.92 Å². The van der Waals surface area contributed by atoms with Gasteiger partial charge in [0.25, 0.3) is 0 Å². The minimum Gasteiger partial charge on any atom is -0.373 e. The summed E-state index contributed by atoms with van der Waals surface area (Å²) in [6.07, 6.45) is -0.186. The highest BCUT2D eigenvalue weighted by atomic mass is 32.1. The number of nitrogens with zero attached hydrogens (tertiary/aromatic N) is 1. The lowest BCUT2D eigenvalue weighted by Crippen LogP contribution is -2.50. The lowest BCUT2D eigenvalue weighted by atomic mass is 9.90. The smallest absolute Gasteiger partial charge is 0.146 e. The second-order valence-corrected chi connectivity index (χ2v) is 4.52. The number of aliphatic imine (C=N–C) groups is 1. The van der Waals surface area contributed by atoms with Gasteiger partial charge >= 0.3 is 0 Å². The zero-order valence-corrected chi connectivity index (χ0v) is 12.4. The zero-order chi connectivity index (χ0) is 14.1. The van der Waals surface area contributed by atoms with Gasteiger partial charge in [0.05, 0.1) is 30.6 Å². The van der Waals surface area contributed by atoms with Crippen molar-refractivity contribution >= 4 is 17.4 Å². The Morgan fingerprint density at radius 2 is 2.05 bits per heavy atom. The van der Waals surface area contributed by atoms with Crippen LogP contribution in [0.15, 0.2) is 4.99 Å². The maximum Gasteiger partial charge on any atom is 0.146 e. The highest BCUT2D eigenvalue weighted by Crippen LogP contribution is 2.26. The van der Waals surface area contributed by atoms with Crippen molar-refractivity contribution in [3.63, 3.8) is 0 Å². The predicted octanol–water partition coefficient (Wildman–Crippen LogP) is 1.10. The predicted molar refractivity (Wildman–Crippen MR) is 72.3 cm³/mol. The molecule has 4 atom stereocenters. The van der Waals surface area contributed by atoms with E-state index in [0.717, 1.165) is 0 Å². The maximum absolute atomic E-state index is 5.73. The van der Waals surface area contributed by atoms with E-state index in [0.29, 0.717) is 13.2 Å². The number of thiocarbonyl (C=S) groups is 1. The minimum atomic E-state index is -0.152. The van der Waals surface area contributed by atoms with Crippen LogP contribution in [-0.4, -0.2) is 64.4 Å². The van der Waals surface area contributed by atoms with Gasteiger partial charge in [-0.25, -0.2) is 4.99 Å². The first kappa shape index (κ1) is 16.7. The molecule has 0 radical (unpaired) electrons. The van der Waals surface area contributed by atoms with Gasteiger partial charge in [-0.1, -0.05) is 6.92 Å². The third-order valence-corrected chi connectivity index (χ3v) is 3.15. The Balaban J connectivity index is 2.58. The molecule has 0 amide bonds. The summed E-state index contributed by atoms with van der Waals surface area (Å²) < 4.78 is 26.5. The van der Waals surface area contributed by atoms with Crippen LogP contribution in [0.5, 0.6) is 0 Å². The molecule has 7 heteroatoms. The number of isothiocyanates is 1. The molecule has 0 unspecified atom stereocenters. The van der Waals surface area contributed by atoms with Crippen LogP contribution in [0.1, 0.15) is 6.92 Å². The average molecular weight is 291 g/mol. The van der Waals surface area contributed by atoms with Crippen molar-refractivity contribution in [3.05, 3.63) is 0 Å². The summed E-state index contributed by atoms with van der Waals surface area (Å²) in [4.78, 5) is 4.09. The standard InChI is InChI=1S/C12H21NO5S/c1-9-11(5-16-7-14-2)17-4-10(13-6-19)12(9)18-8-15-3/h9-12H,4-5,7-8H2,1-3H3/t9-,10-,11+,12-/m0/s1. The molecule has 1 aliphatic rings. The monoisotopic (exact) mass is 291 g/mol. The van der Waals surface area contributed by atoms with Crippen molar-refractivity contribution in [3.8, 4) is 0 Å². The fourth-order valence-corrected chi connectivity index (χ4v) is 2.20. The quantitative estimate of drug-likeness (QED) is 0.289. The van der Waals surface area contributed by atoms with Crippen LogP contribution in [0.2, 0.25) is 0 Å². The van der Waals surface area contributed by atoms with E-state index in [1.54, 1.807) is 14.2 Å². The Morgan fingerprint density at radius 3 is 2.68 bits per heavy atom. The van der Waals surface area contributed by atoms with Crippen molar-refractivity contribution in [2.24, 2.45) is 10.9 Å². The molecule has 110 valence electrons. The number of rotatable bonds is 8. The summed E-state index contributed by atoms with van der Waals surface area (Å²) in [5.74, 6) is 0.109. The van der Waals surface area contributed by atoms with Gasteiger partial charge < -0.3 is 23.7 Å². The average Bonchev–Trinajstić information content (AvgIpc) is 2.41. The molecular formula is C12H21NO5S. The Labute approximate surface area is 119 Å². The number of hydrogen-bond donors (Lipinski definition) is 0. The van der Waals surface area contributed by atoms with E-state index < -0.39 is 0 Å². The van der Waals surface area contributed by atoms with Crippen LogP contribution in [0.4, 0.5) is 0 Å². The first-order chi connectivity index (χ1) is 9.24. The third kappa shape index (κ3) is 5.24. The lowest BCUT2D eigenvalue weighted by molar-refractivity contribution is -0.178. The van der Waals surface area contributed by atoms with Gasteiger partial charge in [0.15, 0.2) is 0 Å². The molecule has 0 aromatic heterocycles. The maximum atomic E-state index is 5.73. The summed E-state index contributed by atoms with van der Waals surface area (Å²) in [6, 6.07) is -0.152. The molecule has 1 saturated heterocycles. The van der Waals surface area contributed by atoms with Crippen LogP contribution in [0, 0.1) is 5.92 Å². The molecule has 19 heavy (non-hydrogen) atoms. The molecule has 6 nitrogen and oxygen atoms in total. The SMILES string of the molecule is COCOC[C@H]1OC[C@H](N=C=S)[C@@H](OCOC)[C@H]1C. The topological polar surface area (TPSA) is 58.5 Å². The molecule has 0 bridgehead atoms. The summed E-state index contributed by atoms with van der Waals surface area (Å²) in [6.45, 7) is 3.38. The number of methoxy groups -OCH3 is 2. The Hall–Kier alpha value is -0.400. The summed E-state index contributed by atoms with van der Waals surface area (Å²) in [7, 11) is 3.17. The van der Waals surface area contributed by atoms with Crippen molar-refractivity contribution in [1.82, 2.24) is 0 Å². The molecule has 0 aliphatic carbocycles. The lowest BCUT2D eigenvalue weighted by Gasteiger charge is -2.38. The van der Waals surface area contributed by atoms with Gasteiger partial charge in [-0.3, -0.25) is 0 Å². The summed E-state index contributed by atoms with van der Waals surface area (Å²) in [5, 5.41) is 2.39. The number of ether oxygens (including phenoxy) is 5. The van der Waals surface area contributed by atoms with E-state index in [4.69, 9.17) is 23.7 Å². The second kappa shape index (κ2) is 9.50. The second-order valence-electron chi connectivity index (χ2n) is 4.33. The van der Waals surface area contributed by atoms with E-state index in [9.17, 15) is 0 Å². The highest BCUT2D eigenvalue weighted by molar-refractivity contribution is 7.78. The van der Waals surface area contributed by atoms with Crippen molar-refractivity contribution < 1.29 is 23.7 Å². The van der Waals surface area contributed by atoms with Gasteiger partial charge in [-0.05, 0) is 12.2 Å². The molecule has 0 aromatic rings. The molecule has 1 rings (SSSR count). The largest absolute Gasteiger partial charge is 0.373 e.